The molecule has 1 aromatic carbocycles. The van der Waals surface area contributed by atoms with Gasteiger partial charge in [-0.25, -0.2) is 0 Å². The molecule has 0 radical (unpaired) electrons. The number of carbonyl (C=O) groups is 1. The molecule has 0 bridgehead atoms. The maximum Gasteiger partial charge on any atom is 0.220 e. The van der Waals surface area contributed by atoms with Gasteiger partial charge in [-0.05, 0) is 95.1 Å². The quantitative estimate of drug-likeness (QED) is 0.621. The minimum Gasteiger partial charge on any atom is -0.356 e. The molecule has 2 fully saturated rings. The van der Waals surface area contributed by atoms with Gasteiger partial charge in [0.15, 0.2) is 0 Å². The fourth-order valence-electron chi connectivity index (χ4n) is 4.43. The van der Waals surface area contributed by atoms with E-state index >= 15 is 0 Å². The Kier molecular flexibility index (Phi) is 8.63. The molecule has 2 N–H and O–H groups in total. The number of nitrogens with one attached hydrogen (secondary N) is 2. The smallest absolute Gasteiger partial charge is 0.220 e. The highest BCUT2D eigenvalue weighted by Crippen LogP contribution is 2.21. The summed E-state index contributed by atoms with van der Waals surface area (Å²) in [6.07, 6.45) is 9.13. The Bertz CT molecular complexity index is 534. The van der Waals surface area contributed by atoms with Crippen molar-refractivity contribution in [1.82, 2.24) is 15.5 Å². The normalized spacial score (nSPS) is 21.4. The van der Waals surface area contributed by atoms with Crippen LogP contribution < -0.4 is 10.6 Å². The van der Waals surface area contributed by atoms with Crippen molar-refractivity contribution in [2.45, 2.75) is 51.4 Å². The number of unbranched alkanes of at least 4 members (excludes halogenated alkanes) is 1. The summed E-state index contributed by atoms with van der Waals surface area (Å²) in [6.45, 7) is 6.71. The first-order valence-electron chi connectivity index (χ1n) is 11.0. The van der Waals surface area contributed by atoms with Gasteiger partial charge in [0.1, 0.15) is 0 Å². The zero-order chi connectivity index (χ0) is 18.7. The van der Waals surface area contributed by atoms with Crippen molar-refractivity contribution in [3.05, 3.63) is 35.9 Å². The molecule has 0 aromatic heterocycles. The van der Waals surface area contributed by atoms with Gasteiger partial charge in [-0.1, -0.05) is 30.3 Å². The molecule has 4 heteroatoms. The molecule has 0 aliphatic carbocycles. The van der Waals surface area contributed by atoms with Crippen molar-refractivity contribution < 1.29 is 4.79 Å². The van der Waals surface area contributed by atoms with E-state index in [2.05, 4.69) is 45.9 Å². The third-order valence-corrected chi connectivity index (χ3v) is 6.24. The van der Waals surface area contributed by atoms with Crippen molar-refractivity contribution in [3.63, 3.8) is 0 Å². The monoisotopic (exact) mass is 371 g/mol. The van der Waals surface area contributed by atoms with Gasteiger partial charge in [0.25, 0.3) is 0 Å². The van der Waals surface area contributed by atoms with Crippen LogP contribution in [0, 0.1) is 11.8 Å². The van der Waals surface area contributed by atoms with E-state index in [0.717, 1.165) is 38.4 Å². The molecule has 1 unspecified atom stereocenters. The van der Waals surface area contributed by atoms with E-state index in [1.54, 1.807) is 0 Å². The molecular weight excluding hydrogens is 334 g/mol. The standard InChI is InChI=1S/C23H37N3O/c27-23(9-8-22-10-14-24-19-22)25-13-4-5-15-26-16-11-21(12-17-26)18-20-6-2-1-3-7-20/h1-3,6-7,21-22,24H,4-5,8-19H2,(H,25,27). The van der Waals surface area contributed by atoms with E-state index in [-0.39, 0.29) is 5.91 Å². The third kappa shape index (κ3) is 7.63. The summed E-state index contributed by atoms with van der Waals surface area (Å²) in [7, 11) is 0. The van der Waals surface area contributed by atoms with Crippen molar-refractivity contribution in [2.75, 3.05) is 39.3 Å². The van der Waals surface area contributed by atoms with Crippen molar-refractivity contribution in [1.29, 1.82) is 0 Å². The molecule has 2 saturated heterocycles. The lowest BCUT2D eigenvalue weighted by Crippen LogP contribution is -2.35. The molecule has 1 amide bonds. The summed E-state index contributed by atoms with van der Waals surface area (Å²) in [6, 6.07) is 10.9. The van der Waals surface area contributed by atoms with Gasteiger partial charge in [0.2, 0.25) is 5.91 Å². The molecule has 0 spiro atoms. The van der Waals surface area contributed by atoms with Gasteiger partial charge in [-0.2, -0.15) is 0 Å². The Morgan fingerprint density at radius 1 is 1.07 bits per heavy atom. The van der Waals surface area contributed by atoms with Crippen LogP contribution in [0.3, 0.4) is 0 Å². The molecule has 0 saturated carbocycles. The fraction of sp³-hybridized carbons (Fsp3) is 0.696. The Hall–Kier alpha value is -1.39. The lowest BCUT2D eigenvalue weighted by atomic mass is 9.90. The van der Waals surface area contributed by atoms with Crippen LogP contribution in [0.4, 0.5) is 0 Å². The molecule has 4 nitrogen and oxygen atoms in total. The number of hydrogen-bond donors (Lipinski definition) is 2. The molecule has 1 aromatic rings. The topological polar surface area (TPSA) is 44.4 Å². The molecule has 2 aliphatic rings. The van der Waals surface area contributed by atoms with Gasteiger partial charge < -0.3 is 15.5 Å². The summed E-state index contributed by atoms with van der Waals surface area (Å²) in [5.41, 5.74) is 1.48. The summed E-state index contributed by atoms with van der Waals surface area (Å²) in [5, 5.41) is 6.47. The molecular formula is C23H37N3O. The largest absolute Gasteiger partial charge is 0.356 e. The van der Waals surface area contributed by atoms with Gasteiger partial charge in [0.05, 0.1) is 0 Å². The summed E-state index contributed by atoms with van der Waals surface area (Å²) in [5.74, 6) is 1.79. The van der Waals surface area contributed by atoms with E-state index in [1.807, 2.05) is 0 Å². The zero-order valence-corrected chi connectivity index (χ0v) is 16.8. The zero-order valence-electron chi connectivity index (χ0n) is 16.8. The Balaban J connectivity index is 1.18. The number of carbonyl (C=O) groups excluding carboxylic acids is 1. The van der Waals surface area contributed by atoms with Gasteiger partial charge in [0, 0.05) is 13.0 Å². The van der Waals surface area contributed by atoms with Gasteiger partial charge in [-0.3, -0.25) is 4.79 Å². The van der Waals surface area contributed by atoms with E-state index in [9.17, 15) is 4.79 Å². The lowest BCUT2D eigenvalue weighted by Gasteiger charge is -2.32. The van der Waals surface area contributed by atoms with Crippen molar-refractivity contribution in [3.8, 4) is 0 Å². The maximum absolute atomic E-state index is 11.9. The van der Waals surface area contributed by atoms with Crippen LogP contribution in [0.1, 0.15) is 50.5 Å². The number of likely N-dealkylation sites (tertiary alicyclic amines) is 1. The molecule has 3 rings (SSSR count). The van der Waals surface area contributed by atoms with Crippen LogP contribution in [0.2, 0.25) is 0 Å². The highest BCUT2D eigenvalue weighted by molar-refractivity contribution is 5.75. The summed E-state index contributed by atoms with van der Waals surface area (Å²) >= 11 is 0. The van der Waals surface area contributed by atoms with Crippen LogP contribution in [-0.4, -0.2) is 50.1 Å². The number of benzene rings is 1. The number of nitrogens with zero attached hydrogens (tertiary/aromatic N) is 1. The minimum atomic E-state index is 0.239. The first-order chi connectivity index (χ1) is 13.3. The van der Waals surface area contributed by atoms with Crippen LogP contribution in [0.15, 0.2) is 30.3 Å². The van der Waals surface area contributed by atoms with Crippen LogP contribution in [-0.2, 0) is 11.2 Å². The first-order valence-corrected chi connectivity index (χ1v) is 11.0. The fourth-order valence-corrected chi connectivity index (χ4v) is 4.43. The number of amides is 1. The van der Waals surface area contributed by atoms with Crippen LogP contribution in [0.25, 0.3) is 0 Å². The lowest BCUT2D eigenvalue weighted by molar-refractivity contribution is -0.121. The molecule has 150 valence electrons. The number of piperidine rings is 1. The van der Waals surface area contributed by atoms with Crippen molar-refractivity contribution >= 4 is 5.91 Å². The number of hydrogen-bond acceptors (Lipinski definition) is 3. The Labute approximate surface area is 165 Å². The SMILES string of the molecule is O=C(CCC1CCNC1)NCCCCN1CCC(Cc2ccccc2)CC1. The van der Waals surface area contributed by atoms with Crippen LogP contribution in [0.5, 0.6) is 0 Å². The Morgan fingerprint density at radius 3 is 2.63 bits per heavy atom. The molecule has 1 atom stereocenters. The van der Waals surface area contributed by atoms with Crippen LogP contribution >= 0.6 is 0 Å². The average molecular weight is 372 g/mol. The highest BCUT2D eigenvalue weighted by Gasteiger charge is 2.19. The highest BCUT2D eigenvalue weighted by atomic mass is 16.1. The second-order valence-corrected chi connectivity index (χ2v) is 8.43. The average Bonchev–Trinajstić information content (AvgIpc) is 3.22. The third-order valence-electron chi connectivity index (χ3n) is 6.24. The summed E-state index contributed by atoms with van der Waals surface area (Å²) < 4.78 is 0. The second kappa shape index (κ2) is 11.5. The molecule has 2 heterocycles. The first kappa shape index (κ1) is 20.3. The van der Waals surface area contributed by atoms with Crippen molar-refractivity contribution in [2.24, 2.45) is 11.8 Å². The molecule has 27 heavy (non-hydrogen) atoms. The minimum absolute atomic E-state index is 0.239. The number of rotatable bonds is 10. The van der Waals surface area contributed by atoms with E-state index in [1.165, 1.54) is 57.3 Å². The van der Waals surface area contributed by atoms with E-state index < -0.39 is 0 Å². The predicted octanol–water partition coefficient (Wildman–Crippen LogP) is 3.23. The van der Waals surface area contributed by atoms with E-state index in [0.29, 0.717) is 12.3 Å². The Morgan fingerprint density at radius 2 is 1.89 bits per heavy atom. The van der Waals surface area contributed by atoms with Gasteiger partial charge in [-0.15, -0.1) is 0 Å². The van der Waals surface area contributed by atoms with Gasteiger partial charge >= 0.3 is 0 Å². The summed E-state index contributed by atoms with van der Waals surface area (Å²) in [4.78, 5) is 14.5. The maximum atomic E-state index is 11.9. The van der Waals surface area contributed by atoms with E-state index in [4.69, 9.17) is 0 Å². The molecule has 2 aliphatic heterocycles. The second-order valence-electron chi connectivity index (χ2n) is 8.43. The predicted molar refractivity (Wildman–Crippen MR) is 112 cm³/mol.